The predicted molar refractivity (Wildman–Crippen MR) is 70.8 cm³/mol. The van der Waals surface area contributed by atoms with Gasteiger partial charge in [0, 0.05) is 5.92 Å². The maximum atomic E-state index is 2.31. The standard InChI is InChI=1S/C17H15/c1-3-7-15-13(5-1)14-6-2-4-8-16(14)17(15)11-12-9-10-12/h1-8,17H,9-11H2. The highest BCUT2D eigenvalue weighted by Gasteiger charge is 2.33. The fraction of sp³-hybridized carbons (Fsp3) is 0.235. The Balaban J connectivity index is 1.88. The van der Waals surface area contributed by atoms with Gasteiger partial charge < -0.3 is 0 Å². The van der Waals surface area contributed by atoms with Crippen LogP contribution in [0.1, 0.15) is 36.3 Å². The lowest BCUT2D eigenvalue weighted by Gasteiger charge is -2.12. The molecule has 0 unspecified atom stereocenters. The Labute approximate surface area is 102 Å². The Bertz CT molecular complexity index is 518. The average molecular weight is 219 g/mol. The maximum Gasteiger partial charge on any atom is 0.0107 e. The van der Waals surface area contributed by atoms with Crippen LogP contribution in [-0.4, -0.2) is 0 Å². The fourth-order valence-electron chi connectivity index (χ4n) is 3.06. The van der Waals surface area contributed by atoms with Gasteiger partial charge in [0.05, 0.1) is 0 Å². The van der Waals surface area contributed by atoms with Gasteiger partial charge in [-0.3, -0.25) is 0 Å². The highest BCUT2D eigenvalue weighted by Crippen LogP contribution is 2.51. The second-order valence-corrected chi connectivity index (χ2v) is 5.18. The SMILES string of the molecule is c1ccc2c(c1)-c1ccccc1C2C[C]1CC1. The van der Waals surface area contributed by atoms with Crippen molar-refractivity contribution in [1.82, 2.24) is 0 Å². The van der Waals surface area contributed by atoms with Crippen molar-refractivity contribution in [2.75, 3.05) is 0 Å². The minimum atomic E-state index is 0.625. The molecule has 4 rings (SSSR count). The first-order valence-electron chi connectivity index (χ1n) is 6.45. The lowest BCUT2D eigenvalue weighted by atomic mass is 9.91. The van der Waals surface area contributed by atoms with Crippen molar-refractivity contribution in [3.63, 3.8) is 0 Å². The van der Waals surface area contributed by atoms with Crippen LogP contribution >= 0.6 is 0 Å². The average Bonchev–Trinajstić information content (AvgIpc) is 3.15. The molecule has 0 atom stereocenters. The molecule has 2 aliphatic rings. The summed E-state index contributed by atoms with van der Waals surface area (Å²) in [5, 5.41) is 0. The molecule has 17 heavy (non-hydrogen) atoms. The van der Waals surface area contributed by atoms with E-state index >= 15 is 0 Å². The number of hydrogen-bond donors (Lipinski definition) is 0. The number of rotatable bonds is 2. The first kappa shape index (κ1) is 9.47. The third kappa shape index (κ3) is 1.44. The first-order chi connectivity index (χ1) is 8.43. The van der Waals surface area contributed by atoms with E-state index in [4.69, 9.17) is 0 Å². The zero-order chi connectivity index (χ0) is 11.2. The summed E-state index contributed by atoms with van der Waals surface area (Å²) < 4.78 is 0. The van der Waals surface area contributed by atoms with Crippen LogP contribution in [0.2, 0.25) is 0 Å². The molecule has 0 nitrogen and oxygen atoms in total. The molecule has 0 saturated heterocycles. The minimum Gasteiger partial charge on any atom is -0.0619 e. The van der Waals surface area contributed by atoms with Crippen LogP contribution < -0.4 is 0 Å². The van der Waals surface area contributed by atoms with Crippen molar-refractivity contribution in [3.8, 4) is 11.1 Å². The quantitative estimate of drug-likeness (QED) is 0.694. The molecular formula is C17H15. The topological polar surface area (TPSA) is 0 Å². The summed E-state index contributed by atoms with van der Waals surface area (Å²) in [4.78, 5) is 0. The summed E-state index contributed by atoms with van der Waals surface area (Å²) in [7, 11) is 0. The van der Waals surface area contributed by atoms with Crippen molar-refractivity contribution in [2.24, 2.45) is 0 Å². The smallest absolute Gasteiger partial charge is 0.0107 e. The lowest BCUT2D eigenvalue weighted by molar-refractivity contribution is 0.797. The van der Waals surface area contributed by atoms with Gasteiger partial charge in [0.1, 0.15) is 0 Å². The number of benzene rings is 2. The highest BCUT2D eigenvalue weighted by molar-refractivity contribution is 5.78. The van der Waals surface area contributed by atoms with Gasteiger partial charge in [-0.05, 0) is 47.4 Å². The van der Waals surface area contributed by atoms with Crippen molar-refractivity contribution >= 4 is 0 Å². The molecule has 0 N–H and O–H groups in total. The zero-order valence-electron chi connectivity index (χ0n) is 9.82. The van der Waals surface area contributed by atoms with Gasteiger partial charge in [0.25, 0.3) is 0 Å². The van der Waals surface area contributed by atoms with Crippen LogP contribution in [0.3, 0.4) is 0 Å². The third-order valence-corrected chi connectivity index (χ3v) is 4.06. The van der Waals surface area contributed by atoms with Gasteiger partial charge in [0.2, 0.25) is 0 Å². The largest absolute Gasteiger partial charge is 0.0619 e. The van der Waals surface area contributed by atoms with Crippen LogP contribution in [-0.2, 0) is 0 Å². The van der Waals surface area contributed by atoms with E-state index in [2.05, 4.69) is 48.5 Å². The van der Waals surface area contributed by atoms with Crippen LogP contribution in [0.15, 0.2) is 48.5 Å². The van der Waals surface area contributed by atoms with Crippen molar-refractivity contribution in [1.29, 1.82) is 0 Å². The van der Waals surface area contributed by atoms with Crippen LogP contribution in [0.25, 0.3) is 11.1 Å². The summed E-state index contributed by atoms with van der Waals surface area (Å²) in [6.45, 7) is 0. The molecule has 0 bridgehead atoms. The monoisotopic (exact) mass is 219 g/mol. The molecule has 0 amide bonds. The fourth-order valence-corrected chi connectivity index (χ4v) is 3.06. The van der Waals surface area contributed by atoms with Crippen LogP contribution in [0, 0.1) is 5.92 Å². The molecule has 83 valence electrons. The first-order valence-corrected chi connectivity index (χ1v) is 6.45. The Hall–Kier alpha value is -1.56. The van der Waals surface area contributed by atoms with E-state index in [0.717, 1.165) is 0 Å². The van der Waals surface area contributed by atoms with Gasteiger partial charge in [-0.15, -0.1) is 0 Å². The van der Waals surface area contributed by atoms with E-state index in [0.29, 0.717) is 5.92 Å². The predicted octanol–water partition coefficient (Wildman–Crippen LogP) is 4.56. The van der Waals surface area contributed by atoms with Gasteiger partial charge in [0.15, 0.2) is 0 Å². The molecule has 0 aromatic heterocycles. The molecule has 2 aliphatic carbocycles. The zero-order valence-corrected chi connectivity index (χ0v) is 9.82. The van der Waals surface area contributed by atoms with Gasteiger partial charge >= 0.3 is 0 Å². The number of hydrogen-bond acceptors (Lipinski definition) is 0. The van der Waals surface area contributed by atoms with Gasteiger partial charge in [-0.2, -0.15) is 0 Å². The Morgan fingerprint density at radius 2 is 1.29 bits per heavy atom. The Morgan fingerprint density at radius 1 is 0.765 bits per heavy atom. The molecule has 1 fully saturated rings. The molecule has 0 spiro atoms. The van der Waals surface area contributed by atoms with Gasteiger partial charge in [-0.1, -0.05) is 48.5 Å². The molecular weight excluding hydrogens is 204 g/mol. The summed E-state index contributed by atoms with van der Waals surface area (Å²) >= 11 is 0. The molecule has 2 aromatic carbocycles. The van der Waals surface area contributed by atoms with E-state index in [-0.39, 0.29) is 0 Å². The Morgan fingerprint density at radius 3 is 1.82 bits per heavy atom. The van der Waals surface area contributed by atoms with E-state index in [1.807, 2.05) is 0 Å². The number of fused-ring (bicyclic) bond motifs is 3. The van der Waals surface area contributed by atoms with Crippen LogP contribution in [0.4, 0.5) is 0 Å². The van der Waals surface area contributed by atoms with E-state index in [9.17, 15) is 0 Å². The molecule has 1 saturated carbocycles. The van der Waals surface area contributed by atoms with Crippen molar-refractivity contribution in [2.45, 2.75) is 25.2 Å². The van der Waals surface area contributed by atoms with Crippen molar-refractivity contribution in [3.05, 3.63) is 65.6 Å². The summed E-state index contributed by atoms with van der Waals surface area (Å²) in [5.41, 5.74) is 5.98. The van der Waals surface area contributed by atoms with E-state index < -0.39 is 0 Å². The van der Waals surface area contributed by atoms with E-state index in [1.165, 1.54) is 41.5 Å². The Kier molecular flexibility index (Phi) is 1.93. The summed E-state index contributed by atoms with van der Waals surface area (Å²) in [6, 6.07) is 17.8. The summed E-state index contributed by atoms with van der Waals surface area (Å²) in [6.07, 6.45) is 4.00. The lowest BCUT2D eigenvalue weighted by Crippen LogP contribution is -1.96. The second kappa shape index (κ2) is 3.46. The second-order valence-electron chi connectivity index (χ2n) is 5.18. The van der Waals surface area contributed by atoms with Crippen molar-refractivity contribution < 1.29 is 0 Å². The highest BCUT2D eigenvalue weighted by atomic mass is 14.4. The molecule has 0 heterocycles. The van der Waals surface area contributed by atoms with Gasteiger partial charge in [-0.25, -0.2) is 0 Å². The minimum absolute atomic E-state index is 0.625. The van der Waals surface area contributed by atoms with E-state index in [1.54, 1.807) is 5.92 Å². The van der Waals surface area contributed by atoms with Crippen LogP contribution in [0.5, 0.6) is 0 Å². The normalized spacial score (nSPS) is 17.9. The summed E-state index contributed by atoms with van der Waals surface area (Å²) in [5.74, 6) is 2.38. The molecule has 0 heteroatoms. The third-order valence-electron chi connectivity index (χ3n) is 4.06. The molecule has 2 aromatic rings. The maximum absolute atomic E-state index is 2.31. The molecule has 1 radical (unpaired) electrons. The molecule has 0 aliphatic heterocycles.